The molecule has 0 amide bonds. The van der Waals surface area contributed by atoms with Crippen LogP contribution in [0.1, 0.15) is 0 Å². The van der Waals surface area contributed by atoms with Gasteiger partial charge in [0.1, 0.15) is 0 Å². The largest absolute Gasteiger partial charge is 0.296 e. The van der Waals surface area contributed by atoms with Gasteiger partial charge < -0.3 is 0 Å². The first kappa shape index (κ1) is 31.9. The SMILES string of the molecule is COS(=O)(=O)c1ccccc1.COS(=O)(=O)c1ccccc1.COS(=O)(=O)c1ccccc1.[Fe]. The van der Waals surface area contributed by atoms with E-state index in [4.69, 9.17) is 0 Å². The first-order chi connectivity index (χ1) is 15.5. The van der Waals surface area contributed by atoms with Crippen molar-refractivity contribution in [2.75, 3.05) is 21.3 Å². The molecule has 0 aliphatic heterocycles. The Morgan fingerprint density at radius 2 is 0.588 bits per heavy atom. The molecule has 13 heteroatoms. The number of rotatable bonds is 6. The van der Waals surface area contributed by atoms with E-state index in [1.54, 1.807) is 54.6 Å². The summed E-state index contributed by atoms with van der Waals surface area (Å²) in [4.78, 5) is 0.549. The Balaban J connectivity index is 0.000000473. The molecule has 0 heterocycles. The number of hydrogen-bond acceptors (Lipinski definition) is 9. The van der Waals surface area contributed by atoms with Crippen LogP contribution in [0.4, 0.5) is 0 Å². The molecule has 0 bridgehead atoms. The molecule has 3 aromatic rings. The molecule has 0 N–H and O–H groups in total. The zero-order valence-corrected chi connectivity index (χ0v) is 22.0. The molecule has 0 unspecified atom stereocenters. The Bertz CT molecular complexity index is 1120. The molecule has 0 radical (unpaired) electrons. The van der Waals surface area contributed by atoms with E-state index in [2.05, 4.69) is 12.5 Å². The smallest absolute Gasteiger partial charge is 0.270 e. The van der Waals surface area contributed by atoms with E-state index in [1.807, 2.05) is 0 Å². The zero-order valence-electron chi connectivity index (χ0n) is 18.4. The molecule has 0 aliphatic carbocycles. The molecular formula is C21H24FeO9S3. The molecule has 0 aliphatic rings. The van der Waals surface area contributed by atoms with Crippen LogP contribution in [0.5, 0.6) is 0 Å². The van der Waals surface area contributed by atoms with Crippen LogP contribution >= 0.6 is 0 Å². The van der Waals surface area contributed by atoms with Gasteiger partial charge in [-0.25, -0.2) is 0 Å². The van der Waals surface area contributed by atoms with Crippen LogP contribution in [0.2, 0.25) is 0 Å². The van der Waals surface area contributed by atoms with Gasteiger partial charge in [0.25, 0.3) is 30.4 Å². The third-order valence-corrected chi connectivity index (χ3v) is 7.62. The Labute approximate surface area is 211 Å². The van der Waals surface area contributed by atoms with Gasteiger partial charge in [0.05, 0.1) is 36.0 Å². The van der Waals surface area contributed by atoms with Crippen LogP contribution < -0.4 is 0 Å². The summed E-state index contributed by atoms with van der Waals surface area (Å²) < 4.78 is 78.8. The molecule has 0 saturated heterocycles. The molecule has 3 rings (SSSR count). The van der Waals surface area contributed by atoms with E-state index in [0.29, 0.717) is 0 Å². The molecular weight excluding hydrogens is 548 g/mol. The average molecular weight is 572 g/mol. The summed E-state index contributed by atoms with van der Waals surface area (Å²) in [6, 6.07) is 24.0. The average Bonchev–Trinajstić information content (AvgIpc) is 2.86. The second kappa shape index (κ2) is 15.0. The van der Waals surface area contributed by atoms with Crippen molar-refractivity contribution in [3.63, 3.8) is 0 Å². The van der Waals surface area contributed by atoms with Crippen LogP contribution in [-0.4, -0.2) is 46.6 Å². The standard InChI is InChI=1S/3C7H8O3S.Fe/c3*1-10-11(8,9)7-5-3-2-4-6-7;/h3*2-6H,1H3;. The summed E-state index contributed by atoms with van der Waals surface area (Å²) >= 11 is 0. The third kappa shape index (κ3) is 10.4. The minimum atomic E-state index is -3.50. The molecule has 0 spiro atoms. The van der Waals surface area contributed by atoms with Crippen molar-refractivity contribution in [3.8, 4) is 0 Å². The molecule has 34 heavy (non-hydrogen) atoms. The van der Waals surface area contributed by atoms with Crippen molar-refractivity contribution in [1.29, 1.82) is 0 Å². The van der Waals surface area contributed by atoms with Gasteiger partial charge in [0.15, 0.2) is 0 Å². The van der Waals surface area contributed by atoms with E-state index < -0.39 is 30.4 Å². The van der Waals surface area contributed by atoms with Gasteiger partial charge in [0.2, 0.25) is 0 Å². The van der Waals surface area contributed by atoms with E-state index in [0.717, 1.165) is 21.3 Å². The van der Waals surface area contributed by atoms with Gasteiger partial charge in [-0.2, -0.15) is 25.3 Å². The number of benzene rings is 3. The van der Waals surface area contributed by atoms with E-state index >= 15 is 0 Å². The van der Waals surface area contributed by atoms with Crippen LogP contribution in [0.3, 0.4) is 0 Å². The summed E-state index contributed by atoms with van der Waals surface area (Å²) in [7, 11) is -7.07. The van der Waals surface area contributed by atoms with Gasteiger partial charge in [-0.15, -0.1) is 0 Å². The van der Waals surface area contributed by atoms with E-state index in [9.17, 15) is 25.3 Å². The van der Waals surface area contributed by atoms with Gasteiger partial charge in [-0.1, -0.05) is 54.6 Å². The van der Waals surface area contributed by atoms with Crippen molar-refractivity contribution in [1.82, 2.24) is 0 Å². The first-order valence-electron chi connectivity index (χ1n) is 9.07. The monoisotopic (exact) mass is 572 g/mol. The zero-order chi connectivity index (χ0) is 25.0. The van der Waals surface area contributed by atoms with Gasteiger partial charge in [-0.3, -0.25) is 12.5 Å². The fourth-order valence-corrected chi connectivity index (χ4v) is 4.10. The van der Waals surface area contributed by atoms with E-state index in [-0.39, 0.29) is 31.8 Å². The Hall–Kier alpha value is -2.09. The second-order valence-electron chi connectivity index (χ2n) is 5.80. The van der Waals surface area contributed by atoms with Gasteiger partial charge in [0, 0.05) is 17.1 Å². The quantitative estimate of drug-likeness (QED) is 0.323. The second-order valence-corrected chi connectivity index (χ2v) is 10.9. The van der Waals surface area contributed by atoms with Crippen LogP contribution in [0, 0.1) is 0 Å². The minimum absolute atomic E-state index is 0. The Kier molecular flexibility index (Phi) is 14.1. The molecule has 0 aromatic heterocycles. The predicted octanol–water partition coefficient (Wildman–Crippen LogP) is 3.06. The fraction of sp³-hybridized carbons (Fsp3) is 0.143. The summed E-state index contributed by atoms with van der Waals surface area (Å²) in [6.07, 6.45) is 0. The van der Waals surface area contributed by atoms with Crippen molar-refractivity contribution < 1.29 is 54.9 Å². The van der Waals surface area contributed by atoms with Crippen molar-refractivity contribution >= 4 is 30.4 Å². The molecule has 0 saturated carbocycles. The van der Waals surface area contributed by atoms with Crippen molar-refractivity contribution in [2.24, 2.45) is 0 Å². The summed E-state index contributed by atoms with van der Waals surface area (Å²) in [5, 5.41) is 0. The molecule has 3 aromatic carbocycles. The first-order valence-corrected chi connectivity index (χ1v) is 13.3. The summed E-state index contributed by atoms with van der Waals surface area (Å²) in [5.74, 6) is 0. The maximum Gasteiger partial charge on any atom is 0.296 e. The molecule has 9 nitrogen and oxygen atoms in total. The van der Waals surface area contributed by atoms with Gasteiger partial charge in [-0.05, 0) is 36.4 Å². The minimum Gasteiger partial charge on any atom is -0.270 e. The van der Waals surface area contributed by atoms with Gasteiger partial charge >= 0.3 is 0 Å². The molecule has 188 valence electrons. The maximum atomic E-state index is 11.0. The van der Waals surface area contributed by atoms with Crippen molar-refractivity contribution in [2.45, 2.75) is 14.7 Å². The molecule has 0 atom stereocenters. The maximum absolute atomic E-state index is 11.0. The predicted molar refractivity (Wildman–Crippen MR) is 122 cm³/mol. The summed E-state index contributed by atoms with van der Waals surface area (Å²) in [5.41, 5.74) is 0. The van der Waals surface area contributed by atoms with E-state index in [1.165, 1.54) is 36.4 Å². The Morgan fingerprint density at radius 3 is 0.735 bits per heavy atom. The van der Waals surface area contributed by atoms with Crippen LogP contribution in [0.25, 0.3) is 0 Å². The molecule has 0 fully saturated rings. The number of hydrogen-bond donors (Lipinski definition) is 0. The summed E-state index contributed by atoms with van der Waals surface area (Å²) in [6.45, 7) is 0. The van der Waals surface area contributed by atoms with Crippen LogP contribution in [0.15, 0.2) is 106 Å². The third-order valence-electron chi connectivity index (χ3n) is 3.75. The van der Waals surface area contributed by atoms with Crippen LogP contribution in [-0.2, 0) is 60.0 Å². The Morgan fingerprint density at radius 1 is 0.412 bits per heavy atom. The topological polar surface area (TPSA) is 130 Å². The van der Waals surface area contributed by atoms with Crippen molar-refractivity contribution in [3.05, 3.63) is 91.0 Å². The fourth-order valence-electron chi connectivity index (χ4n) is 2.05. The normalized spacial score (nSPS) is 11.0.